The Bertz CT molecular complexity index is 950. The highest BCUT2D eigenvalue weighted by Gasteiger charge is 2.17. The molecule has 0 aliphatic carbocycles. The van der Waals surface area contributed by atoms with Crippen LogP contribution >= 0.6 is 11.6 Å². The third-order valence-electron chi connectivity index (χ3n) is 4.44. The van der Waals surface area contributed by atoms with Crippen molar-refractivity contribution in [3.63, 3.8) is 0 Å². The van der Waals surface area contributed by atoms with E-state index in [1.165, 1.54) is 0 Å². The second kappa shape index (κ2) is 7.83. The number of hydrogen-bond donors (Lipinski definition) is 1. The summed E-state index contributed by atoms with van der Waals surface area (Å²) in [6.45, 7) is 8.88. The first kappa shape index (κ1) is 19.6. The van der Waals surface area contributed by atoms with Crippen LogP contribution in [0.25, 0.3) is 22.2 Å². The van der Waals surface area contributed by atoms with E-state index in [1.54, 1.807) is 12.4 Å². The summed E-state index contributed by atoms with van der Waals surface area (Å²) in [6.07, 6.45) is 4.49. The maximum Gasteiger partial charge on any atom is 0.140 e. The van der Waals surface area contributed by atoms with Gasteiger partial charge in [-0.15, -0.1) is 0 Å². The molecule has 4 nitrogen and oxygen atoms in total. The van der Waals surface area contributed by atoms with Gasteiger partial charge in [-0.1, -0.05) is 18.5 Å². The average molecular weight is 384 g/mol. The molecular weight excluding hydrogens is 358 g/mol. The Kier molecular flexibility index (Phi) is 5.68. The van der Waals surface area contributed by atoms with Crippen LogP contribution in [-0.4, -0.2) is 22.1 Å². The molecule has 2 N–H and O–H groups in total. The van der Waals surface area contributed by atoms with Crippen LogP contribution in [0.4, 0.5) is 0 Å². The molecule has 0 unspecified atom stereocenters. The van der Waals surface area contributed by atoms with E-state index in [1.807, 2.05) is 51.1 Å². The van der Waals surface area contributed by atoms with Crippen molar-refractivity contribution in [1.82, 2.24) is 9.97 Å². The summed E-state index contributed by atoms with van der Waals surface area (Å²) in [7, 11) is 0. The number of rotatable bonds is 6. The van der Waals surface area contributed by atoms with Gasteiger partial charge in [0.1, 0.15) is 5.75 Å². The molecule has 0 saturated heterocycles. The number of pyridine rings is 2. The fourth-order valence-corrected chi connectivity index (χ4v) is 3.54. The number of nitrogens with zero attached hydrogens (tertiary/aromatic N) is 2. The van der Waals surface area contributed by atoms with Crippen LogP contribution in [0.2, 0.25) is 5.02 Å². The maximum absolute atomic E-state index is 6.17. The predicted octanol–water partition coefficient (Wildman–Crippen LogP) is 5.40. The third-order valence-corrected chi connectivity index (χ3v) is 4.68. The number of aryl methyl sites for hydroxylation is 1. The van der Waals surface area contributed by atoms with Gasteiger partial charge in [0, 0.05) is 27.7 Å². The molecule has 3 aromatic rings. The molecule has 0 amide bonds. The molecule has 27 heavy (non-hydrogen) atoms. The zero-order chi connectivity index (χ0) is 19.6. The van der Waals surface area contributed by atoms with Crippen molar-refractivity contribution < 1.29 is 4.74 Å². The number of ether oxygens (including phenoxy) is 1. The predicted molar refractivity (Wildman–Crippen MR) is 112 cm³/mol. The van der Waals surface area contributed by atoms with E-state index in [0.29, 0.717) is 17.5 Å². The third kappa shape index (κ3) is 4.96. The molecule has 0 saturated carbocycles. The molecule has 1 atom stereocenters. The largest absolute Gasteiger partial charge is 0.491 e. The smallest absolute Gasteiger partial charge is 0.140 e. The van der Waals surface area contributed by atoms with Crippen LogP contribution in [0.5, 0.6) is 5.75 Å². The van der Waals surface area contributed by atoms with Crippen molar-refractivity contribution in [3.05, 3.63) is 53.3 Å². The average Bonchev–Trinajstić information content (AvgIpc) is 2.58. The van der Waals surface area contributed by atoms with Gasteiger partial charge in [0.15, 0.2) is 0 Å². The minimum absolute atomic E-state index is 0.191. The highest BCUT2D eigenvalue weighted by Crippen LogP contribution is 2.30. The number of aromatic nitrogens is 2. The van der Waals surface area contributed by atoms with Gasteiger partial charge in [-0.05, 0) is 69.0 Å². The first-order chi connectivity index (χ1) is 12.7. The number of benzene rings is 1. The monoisotopic (exact) mass is 383 g/mol. The summed E-state index contributed by atoms with van der Waals surface area (Å²) >= 11 is 6.17. The topological polar surface area (TPSA) is 61.0 Å². The van der Waals surface area contributed by atoms with Crippen molar-refractivity contribution in [2.24, 2.45) is 11.7 Å². The Hall–Kier alpha value is -2.17. The lowest BCUT2D eigenvalue weighted by molar-refractivity contribution is 0.227. The summed E-state index contributed by atoms with van der Waals surface area (Å²) in [4.78, 5) is 9.03. The summed E-state index contributed by atoms with van der Waals surface area (Å²) in [5.41, 5.74) is 9.74. The second-order valence-corrected chi connectivity index (χ2v) is 8.40. The fraction of sp³-hybridized carbons (Fsp3) is 0.364. The Morgan fingerprint density at radius 3 is 2.67 bits per heavy atom. The summed E-state index contributed by atoms with van der Waals surface area (Å²) in [6, 6.07) is 9.71. The normalized spacial score (nSPS) is 13.0. The van der Waals surface area contributed by atoms with E-state index >= 15 is 0 Å². The lowest BCUT2D eigenvalue weighted by Crippen LogP contribution is -2.35. The second-order valence-electron chi connectivity index (χ2n) is 7.96. The summed E-state index contributed by atoms with van der Waals surface area (Å²) < 4.78 is 5.99. The van der Waals surface area contributed by atoms with Gasteiger partial charge in [-0.25, -0.2) is 0 Å². The first-order valence-corrected chi connectivity index (χ1v) is 9.54. The zero-order valence-electron chi connectivity index (χ0n) is 16.3. The molecule has 0 radical (unpaired) electrons. The lowest BCUT2D eigenvalue weighted by Gasteiger charge is -2.23. The van der Waals surface area contributed by atoms with Crippen molar-refractivity contribution in [1.29, 1.82) is 0 Å². The summed E-state index contributed by atoms with van der Waals surface area (Å²) in [5.74, 6) is 1.17. The Labute approximate surface area is 165 Å². The Morgan fingerprint density at radius 2 is 1.96 bits per heavy atom. The minimum Gasteiger partial charge on any atom is -0.491 e. The van der Waals surface area contributed by atoms with Crippen LogP contribution in [0.1, 0.15) is 32.8 Å². The van der Waals surface area contributed by atoms with Gasteiger partial charge in [0.2, 0.25) is 0 Å². The fourth-order valence-electron chi connectivity index (χ4n) is 3.37. The van der Waals surface area contributed by atoms with Crippen molar-refractivity contribution >= 4 is 22.5 Å². The van der Waals surface area contributed by atoms with E-state index < -0.39 is 0 Å². The molecule has 0 aliphatic heterocycles. The molecule has 0 spiro atoms. The van der Waals surface area contributed by atoms with Gasteiger partial charge < -0.3 is 10.5 Å². The van der Waals surface area contributed by atoms with Gasteiger partial charge in [0.25, 0.3) is 0 Å². The molecule has 2 aromatic heterocycles. The number of hydrogen-bond acceptors (Lipinski definition) is 4. The highest BCUT2D eigenvalue weighted by molar-refractivity contribution is 6.31. The molecular formula is C22H26ClN3O. The first-order valence-electron chi connectivity index (χ1n) is 9.16. The molecule has 0 bridgehead atoms. The molecule has 3 rings (SSSR count). The summed E-state index contributed by atoms with van der Waals surface area (Å²) in [5, 5.41) is 1.68. The van der Waals surface area contributed by atoms with Gasteiger partial charge in [0.05, 0.1) is 24.0 Å². The van der Waals surface area contributed by atoms with Gasteiger partial charge >= 0.3 is 0 Å². The Morgan fingerprint density at radius 1 is 1.19 bits per heavy atom. The van der Waals surface area contributed by atoms with Crippen LogP contribution < -0.4 is 10.5 Å². The molecule has 2 heterocycles. The van der Waals surface area contributed by atoms with Crippen molar-refractivity contribution in [2.45, 2.75) is 39.7 Å². The number of nitrogens with two attached hydrogens (primary N) is 1. The van der Waals surface area contributed by atoms with E-state index in [9.17, 15) is 0 Å². The molecule has 142 valence electrons. The number of fused-ring (bicyclic) bond motifs is 1. The highest BCUT2D eigenvalue weighted by atomic mass is 35.5. The standard InChI is InChI=1S/C22H26ClN3O/c1-14(11-22(3,4)24)13-27-21-12-26-20(9-15(21)2)17-7-8-25-19-6-5-16(23)10-18(17)19/h5-10,12,14H,11,13,24H2,1-4H3/t14-/m0/s1. The van der Waals surface area contributed by atoms with Crippen LogP contribution in [0, 0.1) is 12.8 Å². The van der Waals surface area contributed by atoms with E-state index in [2.05, 4.69) is 16.9 Å². The van der Waals surface area contributed by atoms with Gasteiger partial charge in [-0.2, -0.15) is 0 Å². The lowest BCUT2D eigenvalue weighted by atomic mass is 9.93. The van der Waals surface area contributed by atoms with Crippen molar-refractivity contribution in [3.8, 4) is 17.0 Å². The van der Waals surface area contributed by atoms with Crippen LogP contribution in [-0.2, 0) is 0 Å². The quantitative estimate of drug-likeness (QED) is 0.618. The molecule has 1 aromatic carbocycles. The van der Waals surface area contributed by atoms with Gasteiger partial charge in [-0.3, -0.25) is 9.97 Å². The van der Waals surface area contributed by atoms with E-state index in [-0.39, 0.29) is 5.54 Å². The van der Waals surface area contributed by atoms with Crippen molar-refractivity contribution in [2.75, 3.05) is 6.61 Å². The molecule has 0 fully saturated rings. The minimum atomic E-state index is -0.191. The number of halogens is 1. The van der Waals surface area contributed by atoms with Crippen LogP contribution in [0.15, 0.2) is 42.7 Å². The molecule has 5 heteroatoms. The van der Waals surface area contributed by atoms with E-state index in [0.717, 1.165) is 39.9 Å². The zero-order valence-corrected chi connectivity index (χ0v) is 17.0. The SMILES string of the molecule is Cc1cc(-c2ccnc3ccc(Cl)cc23)ncc1OC[C@@H](C)CC(C)(C)N. The van der Waals surface area contributed by atoms with E-state index in [4.69, 9.17) is 22.1 Å². The maximum atomic E-state index is 6.17. The van der Waals surface area contributed by atoms with Crippen LogP contribution in [0.3, 0.4) is 0 Å². The Balaban J connectivity index is 1.82. The molecule has 0 aliphatic rings.